The number of fused-ring (bicyclic) bond motifs is 2. The smallest absolute Gasteiger partial charge is 0.315 e. The average molecular weight is 395 g/mol. The lowest BCUT2D eigenvalue weighted by Crippen LogP contribution is -2.56. The Hall–Kier alpha value is -2.60. The molecule has 2 atom stereocenters. The number of hydrogen-bond donors (Lipinski definition) is 2. The summed E-state index contributed by atoms with van der Waals surface area (Å²) in [6.45, 7) is 1.04. The Kier molecular flexibility index (Phi) is 6.00. The van der Waals surface area contributed by atoms with Gasteiger partial charge >= 0.3 is 6.03 Å². The van der Waals surface area contributed by atoms with E-state index in [-0.39, 0.29) is 17.6 Å². The molecule has 4 rings (SSSR count). The van der Waals surface area contributed by atoms with Crippen LogP contribution >= 0.6 is 0 Å². The average Bonchev–Trinajstić information content (AvgIpc) is 2.70. The van der Waals surface area contributed by atoms with Gasteiger partial charge in [0, 0.05) is 36.9 Å². The monoisotopic (exact) mass is 394 g/mol. The number of carbonyl (C=O) groups excluding carboxylic acids is 1. The molecule has 29 heavy (non-hydrogen) atoms. The molecule has 1 aromatic heterocycles. The first-order valence-corrected chi connectivity index (χ1v) is 10.6. The first-order valence-electron chi connectivity index (χ1n) is 10.6. The van der Waals surface area contributed by atoms with Crippen LogP contribution in [0, 0.1) is 0 Å². The number of benzene rings is 1. The Balaban J connectivity index is 1.25. The fourth-order valence-electron chi connectivity index (χ4n) is 4.70. The number of aromatic nitrogens is 1. The summed E-state index contributed by atoms with van der Waals surface area (Å²) in [7, 11) is 2.22. The van der Waals surface area contributed by atoms with Crippen molar-refractivity contribution in [1.82, 2.24) is 20.1 Å². The first kappa shape index (κ1) is 19.7. The molecule has 2 aromatic rings. The summed E-state index contributed by atoms with van der Waals surface area (Å²) in [5.41, 5.74) is 2.10. The molecule has 6 nitrogen and oxygen atoms in total. The van der Waals surface area contributed by atoms with Gasteiger partial charge in [0.15, 0.2) is 0 Å². The van der Waals surface area contributed by atoms with E-state index in [1.807, 2.05) is 30.3 Å². The van der Waals surface area contributed by atoms with E-state index in [1.54, 1.807) is 22.9 Å². The van der Waals surface area contributed by atoms with Crippen LogP contribution in [0.15, 0.2) is 53.5 Å². The highest BCUT2D eigenvalue weighted by Crippen LogP contribution is 2.32. The van der Waals surface area contributed by atoms with Crippen LogP contribution < -0.4 is 16.2 Å². The van der Waals surface area contributed by atoms with Crippen LogP contribution in [0.2, 0.25) is 0 Å². The van der Waals surface area contributed by atoms with E-state index < -0.39 is 0 Å². The topological polar surface area (TPSA) is 66.4 Å². The maximum Gasteiger partial charge on any atom is 0.315 e. The molecule has 154 valence electrons. The number of nitrogens with one attached hydrogen (secondary N) is 2. The molecule has 0 spiro atoms. The van der Waals surface area contributed by atoms with Crippen molar-refractivity contribution in [1.29, 1.82) is 0 Å². The van der Waals surface area contributed by atoms with Gasteiger partial charge in [-0.1, -0.05) is 36.8 Å². The Morgan fingerprint density at radius 3 is 2.41 bits per heavy atom. The second-order valence-corrected chi connectivity index (χ2v) is 8.38. The Morgan fingerprint density at radius 2 is 1.72 bits per heavy atom. The van der Waals surface area contributed by atoms with Gasteiger partial charge < -0.3 is 20.1 Å². The van der Waals surface area contributed by atoms with E-state index in [4.69, 9.17) is 0 Å². The van der Waals surface area contributed by atoms with E-state index in [1.165, 1.54) is 19.3 Å². The molecular weight excluding hydrogens is 364 g/mol. The number of pyridine rings is 1. The van der Waals surface area contributed by atoms with Crippen molar-refractivity contribution >= 4 is 6.03 Å². The molecule has 2 saturated heterocycles. The second-order valence-electron chi connectivity index (χ2n) is 8.38. The number of piperidine rings is 2. The molecule has 2 aliphatic heterocycles. The summed E-state index contributed by atoms with van der Waals surface area (Å²) in [6.07, 6.45) is 7.69. The van der Waals surface area contributed by atoms with Gasteiger partial charge in [-0.25, -0.2) is 4.79 Å². The Labute approximate surface area is 171 Å². The van der Waals surface area contributed by atoms with Gasteiger partial charge in [-0.05, 0) is 49.9 Å². The van der Waals surface area contributed by atoms with E-state index in [9.17, 15) is 9.59 Å². The van der Waals surface area contributed by atoms with Crippen LogP contribution in [0.25, 0.3) is 0 Å². The lowest BCUT2D eigenvalue weighted by Gasteiger charge is -2.47. The van der Waals surface area contributed by atoms with Gasteiger partial charge in [0.2, 0.25) is 0 Å². The van der Waals surface area contributed by atoms with Crippen LogP contribution in [0.5, 0.6) is 0 Å². The number of carbonyl (C=O) groups is 1. The minimum absolute atomic E-state index is 0.00652. The molecular formula is C23H30N4O2. The zero-order valence-electron chi connectivity index (χ0n) is 17.0. The molecule has 2 amide bonds. The van der Waals surface area contributed by atoms with E-state index in [2.05, 4.69) is 22.6 Å². The zero-order chi connectivity index (χ0) is 20.2. The molecule has 2 fully saturated rings. The first-order chi connectivity index (χ1) is 14.1. The van der Waals surface area contributed by atoms with Gasteiger partial charge in [0.25, 0.3) is 5.56 Å². The minimum atomic E-state index is -0.0856. The summed E-state index contributed by atoms with van der Waals surface area (Å²) in [4.78, 5) is 26.7. The number of nitrogens with zero attached hydrogens (tertiary/aromatic N) is 2. The number of rotatable bonds is 5. The zero-order valence-corrected chi connectivity index (χ0v) is 17.0. The van der Waals surface area contributed by atoms with Crippen molar-refractivity contribution in [3.05, 3.63) is 70.1 Å². The van der Waals surface area contributed by atoms with Gasteiger partial charge in [-0.15, -0.1) is 0 Å². The molecule has 6 heteroatoms. The third kappa shape index (κ3) is 4.88. The lowest BCUT2D eigenvalue weighted by molar-refractivity contribution is 0.0509. The third-order valence-corrected chi connectivity index (χ3v) is 6.40. The number of urea groups is 1. The van der Waals surface area contributed by atoms with Crippen molar-refractivity contribution in [2.24, 2.45) is 0 Å². The van der Waals surface area contributed by atoms with Crippen molar-refractivity contribution in [3.8, 4) is 0 Å². The van der Waals surface area contributed by atoms with Crippen molar-refractivity contribution < 1.29 is 4.79 Å². The molecule has 0 saturated carbocycles. The summed E-state index contributed by atoms with van der Waals surface area (Å²) >= 11 is 0. The molecule has 2 N–H and O–H groups in total. The van der Waals surface area contributed by atoms with Gasteiger partial charge in [-0.3, -0.25) is 4.79 Å². The van der Waals surface area contributed by atoms with Crippen LogP contribution in [0.4, 0.5) is 4.79 Å². The molecule has 1 aromatic carbocycles. The van der Waals surface area contributed by atoms with Crippen molar-refractivity contribution in [3.63, 3.8) is 0 Å². The molecule has 2 unspecified atom stereocenters. The molecule has 3 heterocycles. The number of amides is 2. The summed E-state index contributed by atoms with van der Waals surface area (Å²) in [5, 5.41) is 6.16. The maximum atomic E-state index is 12.4. The van der Waals surface area contributed by atoms with Gasteiger partial charge in [0.05, 0.1) is 6.54 Å². The lowest BCUT2D eigenvalue weighted by atomic mass is 9.82. The van der Waals surface area contributed by atoms with Crippen LogP contribution in [0.3, 0.4) is 0 Å². The summed E-state index contributed by atoms with van der Waals surface area (Å²) < 4.78 is 1.68. The fraction of sp³-hybridized carbons (Fsp3) is 0.478. The van der Waals surface area contributed by atoms with Crippen LogP contribution in [-0.4, -0.2) is 40.7 Å². The highest BCUT2D eigenvalue weighted by molar-refractivity contribution is 5.74. The highest BCUT2D eigenvalue weighted by atomic mass is 16.2. The maximum absolute atomic E-state index is 12.4. The highest BCUT2D eigenvalue weighted by Gasteiger charge is 2.36. The van der Waals surface area contributed by atoms with E-state index in [0.717, 1.165) is 24.0 Å². The Bertz CT molecular complexity index is 878. The Morgan fingerprint density at radius 1 is 1.03 bits per heavy atom. The van der Waals surface area contributed by atoms with E-state index in [0.29, 0.717) is 25.2 Å². The molecule has 0 radical (unpaired) electrons. The van der Waals surface area contributed by atoms with Gasteiger partial charge in [0.1, 0.15) is 0 Å². The van der Waals surface area contributed by atoms with Crippen LogP contribution in [0.1, 0.15) is 43.2 Å². The molecule has 2 bridgehead atoms. The fourth-order valence-corrected chi connectivity index (χ4v) is 4.70. The molecule has 0 aliphatic carbocycles. The second kappa shape index (κ2) is 8.82. The van der Waals surface area contributed by atoms with Gasteiger partial charge in [-0.2, -0.15) is 0 Å². The predicted octanol–water partition coefficient (Wildman–Crippen LogP) is 2.71. The largest absolute Gasteiger partial charge is 0.335 e. The summed E-state index contributed by atoms with van der Waals surface area (Å²) in [6, 6.07) is 14.6. The van der Waals surface area contributed by atoms with Crippen molar-refractivity contribution in [2.45, 2.75) is 63.3 Å². The van der Waals surface area contributed by atoms with E-state index >= 15 is 0 Å². The third-order valence-electron chi connectivity index (χ3n) is 6.40. The minimum Gasteiger partial charge on any atom is -0.335 e. The molecule has 2 aliphatic rings. The normalized spacial score (nSPS) is 24.1. The quantitative estimate of drug-likeness (QED) is 0.820. The van der Waals surface area contributed by atoms with Crippen molar-refractivity contribution in [2.75, 3.05) is 7.05 Å². The SMILES string of the molecule is CN1C2CCCC1CC(NC(=O)NCc1ccc(Cn3ccccc3=O)cc1)C2. The predicted molar refractivity (Wildman–Crippen MR) is 114 cm³/mol. The van der Waals surface area contributed by atoms with Crippen LogP contribution in [-0.2, 0) is 13.1 Å². The summed E-state index contributed by atoms with van der Waals surface area (Å²) in [5.74, 6) is 0. The standard InChI is InChI=1S/C23H30N4O2/c1-26-20-5-4-6-21(26)14-19(13-20)25-23(29)24-15-17-8-10-18(11-9-17)16-27-12-3-2-7-22(27)28/h2-3,7-12,19-21H,4-6,13-16H2,1H3,(H2,24,25,29). The number of hydrogen-bond acceptors (Lipinski definition) is 3.